The summed E-state index contributed by atoms with van der Waals surface area (Å²) >= 11 is 0. The van der Waals surface area contributed by atoms with Gasteiger partial charge in [-0.3, -0.25) is 4.98 Å². The number of ether oxygens (including phenoxy) is 1. The second-order valence-corrected chi connectivity index (χ2v) is 2.55. The zero-order chi connectivity index (χ0) is 10.6. The number of nitriles is 1. The maximum absolute atomic E-state index is 12.5. The summed E-state index contributed by atoms with van der Waals surface area (Å²) in [6, 6.07) is 1.81. The zero-order valence-electron chi connectivity index (χ0n) is 7.50. The van der Waals surface area contributed by atoms with Gasteiger partial charge in [-0.05, 0) is 0 Å². The summed E-state index contributed by atoms with van der Waals surface area (Å²) in [5.74, 6) is 0.226. The Morgan fingerprint density at radius 1 is 1.57 bits per heavy atom. The van der Waals surface area contributed by atoms with E-state index in [0.29, 0.717) is 0 Å². The fourth-order valence-electron chi connectivity index (χ4n) is 1.12. The van der Waals surface area contributed by atoms with E-state index in [0.717, 1.165) is 6.20 Å². The molecule has 1 aromatic rings. The highest BCUT2D eigenvalue weighted by Gasteiger charge is 2.16. The Labute approximate surface area is 79.9 Å². The number of nitrogens with zero attached hydrogens (tertiary/aromatic N) is 2. The Hall–Kier alpha value is -1.70. The van der Waals surface area contributed by atoms with Gasteiger partial charge < -0.3 is 4.74 Å². The Morgan fingerprint density at radius 2 is 2.29 bits per heavy atom. The van der Waals surface area contributed by atoms with E-state index in [4.69, 9.17) is 10.00 Å². The van der Waals surface area contributed by atoms with E-state index >= 15 is 0 Å². The zero-order valence-corrected chi connectivity index (χ0v) is 7.50. The second-order valence-electron chi connectivity index (χ2n) is 2.55. The van der Waals surface area contributed by atoms with Crippen LogP contribution in [-0.4, -0.2) is 12.1 Å². The molecule has 0 aliphatic heterocycles. The van der Waals surface area contributed by atoms with E-state index in [1.165, 1.54) is 13.3 Å². The van der Waals surface area contributed by atoms with Gasteiger partial charge in [0.15, 0.2) is 0 Å². The molecule has 14 heavy (non-hydrogen) atoms. The number of pyridine rings is 1. The van der Waals surface area contributed by atoms with Gasteiger partial charge in [-0.1, -0.05) is 0 Å². The van der Waals surface area contributed by atoms with Crippen molar-refractivity contribution >= 4 is 0 Å². The average Bonchev–Trinajstić information content (AvgIpc) is 2.18. The smallest absolute Gasteiger partial charge is 0.265 e. The van der Waals surface area contributed by atoms with Crippen LogP contribution in [0.1, 0.15) is 17.6 Å². The van der Waals surface area contributed by atoms with E-state index in [9.17, 15) is 8.78 Å². The third-order valence-corrected chi connectivity index (χ3v) is 1.76. The Morgan fingerprint density at radius 3 is 2.79 bits per heavy atom. The van der Waals surface area contributed by atoms with Crippen molar-refractivity contribution in [1.82, 2.24) is 4.98 Å². The minimum absolute atomic E-state index is 0.106. The predicted octanol–water partition coefficient (Wildman–Crippen LogP) is 2.09. The first-order chi connectivity index (χ1) is 6.70. The quantitative estimate of drug-likeness (QED) is 0.747. The van der Waals surface area contributed by atoms with E-state index < -0.39 is 6.43 Å². The Bertz CT molecular complexity index is 360. The summed E-state index contributed by atoms with van der Waals surface area (Å²) in [6.45, 7) is 0. The molecule has 0 aliphatic rings. The number of halogens is 2. The van der Waals surface area contributed by atoms with Gasteiger partial charge in [0.1, 0.15) is 5.75 Å². The molecule has 1 heterocycles. The fraction of sp³-hybridized carbons (Fsp3) is 0.333. The van der Waals surface area contributed by atoms with Crippen LogP contribution >= 0.6 is 0 Å². The third-order valence-electron chi connectivity index (χ3n) is 1.76. The van der Waals surface area contributed by atoms with Crippen LogP contribution in [0.15, 0.2) is 12.4 Å². The first-order valence-electron chi connectivity index (χ1n) is 3.86. The van der Waals surface area contributed by atoms with Crippen LogP contribution in [0.25, 0.3) is 0 Å². The van der Waals surface area contributed by atoms with Gasteiger partial charge in [-0.15, -0.1) is 0 Å². The normalized spacial score (nSPS) is 9.93. The van der Waals surface area contributed by atoms with Gasteiger partial charge in [0.25, 0.3) is 6.43 Å². The summed E-state index contributed by atoms with van der Waals surface area (Å²) in [7, 11) is 1.35. The topological polar surface area (TPSA) is 45.9 Å². The van der Waals surface area contributed by atoms with Crippen molar-refractivity contribution in [3.63, 3.8) is 0 Å². The lowest BCUT2D eigenvalue weighted by atomic mass is 10.1. The van der Waals surface area contributed by atoms with Crippen LogP contribution in [-0.2, 0) is 6.42 Å². The molecule has 0 amide bonds. The molecule has 0 unspecified atom stereocenters. The molecule has 0 atom stereocenters. The van der Waals surface area contributed by atoms with Crippen molar-refractivity contribution in [2.24, 2.45) is 0 Å². The van der Waals surface area contributed by atoms with Crippen molar-refractivity contribution in [1.29, 1.82) is 5.26 Å². The second kappa shape index (κ2) is 4.51. The van der Waals surface area contributed by atoms with Crippen LogP contribution < -0.4 is 4.74 Å². The molecule has 5 heteroatoms. The van der Waals surface area contributed by atoms with Crippen LogP contribution in [0.3, 0.4) is 0 Å². The average molecular weight is 198 g/mol. The van der Waals surface area contributed by atoms with Crippen LogP contribution in [0.4, 0.5) is 8.78 Å². The van der Waals surface area contributed by atoms with E-state index in [-0.39, 0.29) is 23.3 Å². The number of hydrogen-bond donors (Lipinski definition) is 0. The molecule has 0 aliphatic carbocycles. The van der Waals surface area contributed by atoms with Gasteiger partial charge in [0, 0.05) is 17.3 Å². The van der Waals surface area contributed by atoms with Gasteiger partial charge in [-0.25, -0.2) is 8.78 Å². The molecule has 0 bridgehead atoms. The maximum Gasteiger partial charge on any atom is 0.265 e. The Balaban J connectivity index is 3.22. The standard InChI is InChI=1S/C9H8F2N2O/c1-14-8-5-13-4-7(9(10)11)6(8)2-3-12/h4-5,9H,2H2,1H3. The monoisotopic (exact) mass is 198 g/mol. The summed E-state index contributed by atoms with van der Waals surface area (Å²) in [6.07, 6.45) is -0.370. The number of hydrogen-bond acceptors (Lipinski definition) is 3. The maximum atomic E-state index is 12.5. The summed E-state index contributed by atoms with van der Waals surface area (Å²) < 4.78 is 29.8. The van der Waals surface area contributed by atoms with E-state index in [1.54, 1.807) is 0 Å². The van der Waals surface area contributed by atoms with Gasteiger partial charge in [0.2, 0.25) is 0 Å². The highest BCUT2D eigenvalue weighted by atomic mass is 19.3. The van der Waals surface area contributed by atoms with E-state index in [2.05, 4.69) is 4.98 Å². The number of methoxy groups -OCH3 is 1. The van der Waals surface area contributed by atoms with Crippen LogP contribution in [0.2, 0.25) is 0 Å². The van der Waals surface area contributed by atoms with Crippen molar-refractivity contribution in [3.05, 3.63) is 23.5 Å². The predicted molar refractivity (Wildman–Crippen MR) is 45.1 cm³/mol. The molecule has 0 saturated carbocycles. The SMILES string of the molecule is COc1cncc(C(F)F)c1CC#N. The van der Waals surface area contributed by atoms with Crippen molar-refractivity contribution in [3.8, 4) is 11.8 Å². The summed E-state index contributed by atoms with van der Waals surface area (Å²) in [5, 5.41) is 8.48. The minimum atomic E-state index is -2.64. The number of alkyl halides is 2. The molecule has 0 N–H and O–H groups in total. The number of aromatic nitrogens is 1. The number of rotatable bonds is 3. The molecule has 0 fully saturated rings. The molecule has 0 aromatic carbocycles. The minimum Gasteiger partial charge on any atom is -0.495 e. The van der Waals surface area contributed by atoms with Gasteiger partial charge in [-0.2, -0.15) is 5.26 Å². The largest absolute Gasteiger partial charge is 0.495 e. The Kier molecular flexibility index (Phi) is 3.35. The lowest BCUT2D eigenvalue weighted by Crippen LogP contribution is -1.99. The molecule has 0 spiro atoms. The van der Waals surface area contributed by atoms with Gasteiger partial charge in [0.05, 0.1) is 25.8 Å². The first-order valence-corrected chi connectivity index (χ1v) is 3.86. The molecule has 1 aromatic heterocycles. The molecule has 74 valence electrons. The lowest BCUT2D eigenvalue weighted by molar-refractivity contribution is 0.149. The highest BCUT2D eigenvalue weighted by Crippen LogP contribution is 2.28. The summed E-state index contributed by atoms with van der Waals surface area (Å²) in [5.41, 5.74) is -0.0362. The highest BCUT2D eigenvalue weighted by molar-refractivity contribution is 5.39. The molecule has 0 radical (unpaired) electrons. The molecule has 3 nitrogen and oxygen atoms in total. The van der Waals surface area contributed by atoms with Crippen molar-refractivity contribution in [2.45, 2.75) is 12.8 Å². The third kappa shape index (κ3) is 1.96. The summed E-state index contributed by atoms with van der Waals surface area (Å²) in [4.78, 5) is 3.61. The molecular weight excluding hydrogens is 190 g/mol. The fourth-order valence-corrected chi connectivity index (χ4v) is 1.12. The first kappa shape index (κ1) is 10.4. The van der Waals surface area contributed by atoms with Crippen LogP contribution in [0.5, 0.6) is 5.75 Å². The molecule has 0 saturated heterocycles. The van der Waals surface area contributed by atoms with E-state index in [1.807, 2.05) is 6.07 Å². The lowest BCUT2D eigenvalue weighted by Gasteiger charge is -2.09. The molecule has 1 rings (SSSR count). The van der Waals surface area contributed by atoms with Crippen molar-refractivity contribution in [2.75, 3.05) is 7.11 Å². The van der Waals surface area contributed by atoms with Crippen LogP contribution in [0, 0.1) is 11.3 Å². The molecular formula is C9H8F2N2O. The van der Waals surface area contributed by atoms with Crippen molar-refractivity contribution < 1.29 is 13.5 Å². The van der Waals surface area contributed by atoms with Gasteiger partial charge >= 0.3 is 0 Å².